The number of anilines is 1. The Kier molecular flexibility index (Phi) is 7.39. The van der Waals surface area contributed by atoms with Gasteiger partial charge in [0.15, 0.2) is 5.13 Å². The summed E-state index contributed by atoms with van der Waals surface area (Å²) in [5.41, 5.74) is 5.93. The molecule has 1 aromatic rings. The van der Waals surface area contributed by atoms with Crippen LogP contribution in [0.4, 0.5) is 5.13 Å². The standard InChI is InChI=1S/C12H21N3O3S/c1-3-17-7-5-15(6-8-18-4-2)11(16)10-9-19-12(13)14-10/h9H,3-8H2,1-2H3,(H2,13,14). The number of amides is 1. The minimum Gasteiger partial charge on any atom is -0.380 e. The molecule has 1 amide bonds. The van der Waals surface area contributed by atoms with Gasteiger partial charge in [-0.15, -0.1) is 11.3 Å². The summed E-state index contributed by atoms with van der Waals surface area (Å²) >= 11 is 1.26. The van der Waals surface area contributed by atoms with Crippen molar-refractivity contribution in [3.8, 4) is 0 Å². The van der Waals surface area contributed by atoms with Crippen LogP contribution in [-0.4, -0.2) is 55.3 Å². The third kappa shape index (κ3) is 5.54. The van der Waals surface area contributed by atoms with Gasteiger partial charge in [0.1, 0.15) is 5.69 Å². The average Bonchev–Trinajstić information content (AvgIpc) is 2.83. The molecule has 108 valence electrons. The number of nitrogen functional groups attached to an aromatic ring is 1. The molecule has 0 saturated heterocycles. The molecule has 0 bridgehead atoms. The van der Waals surface area contributed by atoms with Gasteiger partial charge in [0.25, 0.3) is 5.91 Å². The number of thiazole rings is 1. The summed E-state index contributed by atoms with van der Waals surface area (Å²) in [5, 5.41) is 2.07. The number of nitrogens with zero attached hydrogens (tertiary/aromatic N) is 2. The first-order chi connectivity index (χ1) is 9.19. The van der Waals surface area contributed by atoms with Crippen LogP contribution in [0.1, 0.15) is 24.3 Å². The minimum absolute atomic E-state index is 0.132. The number of hydrogen-bond donors (Lipinski definition) is 1. The smallest absolute Gasteiger partial charge is 0.273 e. The van der Waals surface area contributed by atoms with E-state index in [1.54, 1.807) is 10.3 Å². The topological polar surface area (TPSA) is 77.7 Å². The summed E-state index contributed by atoms with van der Waals surface area (Å²) < 4.78 is 10.6. The van der Waals surface area contributed by atoms with Gasteiger partial charge in [-0.25, -0.2) is 4.98 Å². The zero-order valence-electron chi connectivity index (χ0n) is 11.4. The summed E-state index contributed by atoms with van der Waals surface area (Å²) in [6.07, 6.45) is 0. The zero-order chi connectivity index (χ0) is 14.1. The maximum absolute atomic E-state index is 12.2. The Morgan fingerprint density at radius 3 is 2.32 bits per heavy atom. The number of nitrogens with two attached hydrogens (primary N) is 1. The second kappa shape index (κ2) is 8.84. The molecule has 7 heteroatoms. The fourth-order valence-electron chi connectivity index (χ4n) is 1.50. The number of ether oxygens (including phenoxy) is 2. The maximum Gasteiger partial charge on any atom is 0.273 e. The molecule has 0 unspecified atom stereocenters. The van der Waals surface area contributed by atoms with Gasteiger partial charge in [-0.2, -0.15) is 0 Å². The predicted octanol–water partition coefficient (Wildman–Crippen LogP) is 1.24. The Bertz CT molecular complexity index is 374. The van der Waals surface area contributed by atoms with Crippen molar-refractivity contribution in [1.82, 2.24) is 9.88 Å². The van der Waals surface area contributed by atoms with Crippen molar-refractivity contribution in [3.05, 3.63) is 11.1 Å². The van der Waals surface area contributed by atoms with Crippen LogP contribution in [0, 0.1) is 0 Å². The van der Waals surface area contributed by atoms with Gasteiger partial charge >= 0.3 is 0 Å². The highest BCUT2D eigenvalue weighted by Gasteiger charge is 2.18. The largest absolute Gasteiger partial charge is 0.380 e. The zero-order valence-corrected chi connectivity index (χ0v) is 12.2. The number of hydrogen-bond acceptors (Lipinski definition) is 6. The van der Waals surface area contributed by atoms with Crippen LogP contribution in [-0.2, 0) is 9.47 Å². The molecule has 0 aromatic carbocycles. The van der Waals surface area contributed by atoms with E-state index in [0.717, 1.165) is 0 Å². The van der Waals surface area contributed by atoms with Gasteiger partial charge in [0.05, 0.1) is 13.2 Å². The lowest BCUT2D eigenvalue weighted by Gasteiger charge is -2.21. The SMILES string of the molecule is CCOCCN(CCOCC)C(=O)c1csc(N)n1. The molecular formula is C12H21N3O3S. The summed E-state index contributed by atoms with van der Waals surface area (Å²) in [7, 11) is 0. The van der Waals surface area contributed by atoms with Crippen LogP contribution in [0.2, 0.25) is 0 Å². The Morgan fingerprint density at radius 1 is 1.32 bits per heavy atom. The van der Waals surface area contributed by atoms with Crippen molar-refractivity contribution in [3.63, 3.8) is 0 Å². The van der Waals surface area contributed by atoms with E-state index in [4.69, 9.17) is 15.2 Å². The Labute approximate surface area is 117 Å². The molecule has 6 nitrogen and oxygen atoms in total. The number of aromatic nitrogens is 1. The first kappa shape index (κ1) is 15.9. The highest BCUT2D eigenvalue weighted by atomic mass is 32.1. The quantitative estimate of drug-likeness (QED) is 0.691. The van der Waals surface area contributed by atoms with Crippen molar-refractivity contribution in [2.24, 2.45) is 0 Å². The molecule has 0 spiro atoms. The molecule has 0 aliphatic heterocycles. The number of rotatable bonds is 9. The first-order valence-corrected chi connectivity index (χ1v) is 7.22. The van der Waals surface area contributed by atoms with E-state index in [1.165, 1.54) is 11.3 Å². The van der Waals surface area contributed by atoms with Crippen molar-refractivity contribution < 1.29 is 14.3 Å². The van der Waals surface area contributed by atoms with Crippen molar-refractivity contribution >= 4 is 22.4 Å². The minimum atomic E-state index is -0.132. The summed E-state index contributed by atoms with van der Waals surface area (Å²) in [4.78, 5) is 17.9. The predicted molar refractivity (Wildman–Crippen MR) is 75.4 cm³/mol. The van der Waals surface area contributed by atoms with Gasteiger partial charge in [-0.05, 0) is 13.8 Å². The molecule has 1 heterocycles. The van der Waals surface area contributed by atoms with Crippen molar-refractivity contribution in [1.29, 1.82) is 0 Å². The van der Waals surface area contributed by atoms with Gasteiger partial charge in [0, 0.05) is 31.7 Å². The molecule has 1 aromatic heterocycles. The van der Waals surface area contributed by atoms with Gasteiger partial charge < -0.3 is 20.1 Å². The fraction of sp³-hybridized carbons (Fsp3) is 0.667. The summed E-state index contributed by atoms with van der Waals surface area (Å²) in [6, 6.07) is 0. The lowest BCUT2D eigenvalue weighted by atomic mass is 10.3. The van der Waals surface area contributed by atoms with Crippen LogP contribution in [0.5, 0.6) is 0 Å². The molecule has 0 radical (unpaired) electrons. The molecule has 0 aliphatic rings. The van der Waals surface area contributed by atoms with E-state index < -0.39 is 0 Å². The Balaban J connectivity index is 2.57. The van der Waals surface area contributed by atoms with Crippen LogP contribution in [0.15, 0.2) is 5.38 Å². The van der Waals surface area contributed by atoms with E-state index in [9.17, 15) is 4.79 Å². The van der Waals surface area contributed by atoms with Crippen molar-refractivity contribution in [2.75, 3.05) is 45.3 Å². The molecule has 0 atom stereocenters. The molecule has 1 rings (SSSR count). The van der Waals surface area contributed by atoms with Gasteiger partial charge in [-0.3, -0.25) is 4.79 Å². The number of carbonyl (C=O) groups excluding carboxylic acids is 1. The molecule has 0 saturated carbocycles. The van der Waals surface area contributed by atoms with Crippen molar-refractivity contribution in [2.45, 2.75) is 13.8 Å². The summed E-state index contributed by atoms with van der Waals surface area (Å²) in [6.45, 7) is 7.19. The second-order valence-electron chi connectivity index (χ2n) is 3.76. The van der Waals surface area contributed by atoms with Crippen LogP contribution < -0.4 is 5.73 Å². The molecule has 0 aliphatic carbocycles. The lowest BCUT2D eigenvalue weighted by molar-refractivity contribution is 0.0546. The Morgan fingerprint density at radius 2 is 1.89 bits per heavy atom. The van der Waals surface area contributed by atoms with Crippen LogP contribution >= 0.6 is 11.3 Å². The van der Waals surface area contributed by atoms with E-state index in [1.807, 2.05) is 13.8 Å². The first-order valence-electron chi connectivity index (χ1n) is 6.34. The maximum atomic E-state index is 12.2. The fourth-order valence-corrected chi connectivity index (χ4v) is 2.04. The Hall–Kier alpha value is -1.18. The normalized spacial score (nSPS) is 10.6. The van der Waals surface area contributed by atoms with Crippen LogP contribution in [0.3, 0.4) is 0 Å². The molecule has 0 fully saturated rings. The monoisotopic (exact) mass is 287 g/mol. The third-order valence-corrected chi connectivity index (χ3v) is 3.12. The molecule has 2 N–H and O–H groups in total. The highest BCUT2D eigenvalue weighted by molar-refractivity contribution is 7.13. The van der Waals surface area contributed by atoms with E-state index in [0.29, 0.717) is 50.3 Å². The average molecular weight is 287 g/mol. The van der Waals surface area contributed by atoms with E-state index >= 15 is 0 Å². The third-order valence-electron chi connectivity index (χ3n) is 2.45. The van der Waals surface area contributed by atoms with E-state index in [2.05, 4.69) is 4.98 Å². The van der Waals surface area contributed by atoms with Gasteiger partial charge in [-0.1, -0.05) is 0 Å². The lowest BCUT2D eigenvalue weighted by Crippen LogP contribution is -2.37. The molecular weight excluding hydrogens is 266 g/mol. The number of carbonyl (C=O) groups is 1. The second-order valence-corrected chi connectivity index (χ2v) is 4.65. The highest BCUT2D eigenvalue weighted by Crippen LogP contribution is 2.13. The van der Waals surface area contributed by atoms with Crippen LogP contribution in [0.25, 0.3) is 0 Å². The van der Waals surface area contributed by atoms with E-state index in [-0.39, 0.29) is 5.91 Å². The summed E-state index contributed by atoms with van der Waals surface area (Å²) in [5.74, 6) is -0.132. The van der Waals surface area contributed by atoms with Gasteiger partial charge in [0.2, 0.25) is 0 Å². The molecule has 19 heavy (non-hydrogen) atoms.